The van der Waals surface area contributed by atoms with Crippen LogP contribution in [0.25, 0.3) is 0 Å². The van der Waals surface area contributed by atoms with Gasteiger partial charge in [-0.05, 0) is 30.7 Å². The fourth-order valence-electron chi connectivity index (χ4n) is 2.83. The molecular formula is C17H19ClN2O3. The number of rotatable bonds is 4. The molecule has 0 saturated carbocycles. The minimum atomic E-state index is -0.402. The third-order valence-electron chi connectivity index (χ3n) is 3.98. The summed E-state index contributed by atoms with van der Waals surface area (Å²) in [6.45, 7) is 1.79. The number of nitro groups is 1. The normalized spacial score (nSPS) is 20.3. The van der Waals surface area contributed by atoms with Gasteiger partial charge in [-0.15, -0.1) is 12.4 Å². The zero-order valence-corrected chi connectivity index (χ0v) is 13.4. The quantitative estimate of drug-likeness (QED) is 0.686. The van der Waals surface area contributed by atoms with Gasteiger partial charge in [0.05, 0.1) is 4.92 Å². The molecule has 0 unspecified atom stereocenters. The van der Waals surface area contributed by atoms with E-state index in [-0.39, 0.29) is 30.1 Å². The van der Waals surface area contributed by atoms with Gasteiger partial charge in [-0.1, -0.05) is 30.3 Å². The molecule has 2 aromatic rings. The minimum absolute atomic E-state index is 0. The third-order valence-corrected chi connectivity index (χ3v) is 3.98. The van der Waals surface area contributed by atoms with Gasteiger partial charge in [0.2, 0.25) is 0 Å². The average molecular weight is 335 g/mol. The Kier molecular flexibility index (Phi) is 5.96. The maximum Gasteiger partial charge on any atom is 0.269 e. The van der Waals surface area contributed by atoms with Crippen LogP contribution in [0.1, 0.15) is 17.9 Å². The second-order valence-corrected chi connectivity index (χ2v) is 5.42. The maximum atomic E-state index is 10.7. The van der Waals surface area contributed by atoms with Crippen molar-refractivity contribution in [1.29, 1.82) is 0 Å². The van der Waals surface area contributed by atoms with Gasteiger partial charge in [0, 0.05) is 24.6 Å². The van der Waals surface area contributed by atoms with Crippen LogP contribution in [0.4, 0.5) is 5.69 Å². The van der Waals surface area contributed by atoms with Crippen molar-refractivity contribution in [3.8, 4) is 5.75 Å². The average Bonchev–Trinajstić information content (AvgIpc) is 2.57. The standard InChI is InChI=1S/C17H18N2O3.ClH/c20-19(21)14-6-8-15(9-7-14)22-17-10-11-18-12-16(17)13-4-2-1-3-5-13;/h1-9,16-18H,10-12H2;1H/t16-,17+;/m0./s1. The molecule has 0 spiro atoms. The molecule has 2 aromatic carbocycles. The van der Waals surface area contributed by atoms with Gasteiger partial charge < -0.3 is 10.1 Å². The van der Waals surface area contributed by atoms with E-state index in [1.165, 1.54) is 17.7 Å². The van der Waals surface area contributed by atoms with E-state index in [0.717, 1.165) is 19.5 Å². The summed E-state index contributed by atoms with van der Waals surface area (Å²) < 4.78 is 6.09. The second kappa shape index (κ2) is 7.94. The third kappa shape index (κ3) is 4.21. The van der Waals surface area contributed by atoms with Crippen molar-refractivity contribution >= 4 is 18.1 Å². The monoisotopic (exact) mass is 334 g/mol. The zero-order valence-electron chi connectivity index (χ0n) is 12.6. The summed E-state index contributed by atoms with van der Waals surface area (Å²) in [5, 5.41) is 14.1. The summed E-state index contributed by atoms with van der Waals surface area (Å²) in [5.41, 5.74) is 1.33. The number of hydrogen-bond donors (Lipinski definition) is 1. The van der Waals surface area contributed by atoms with Crippen LogP contribution in [-0.4, -0.2) is 24.1 Å². The maximum absolute atomic E-state index is 10.7. The van der Waals surface area contributed by atoms with E-state index < -0.39 is 4.92 Å². The van der Waals surface area contributed by atoms with E-state index >= 15 is 0 Å². The highest BCUT2D eigenvalue weighted by atomic mass is 35.5. The molecule has 0 radical (unpaired) electrons. The van der Waals surface area contributed by atoms with Crippen molar-refractivity contribution in [2.24, 2.45) is 0 Å². The Balaban J connectivity index is 0.00000192. The van der Waals surface area contributed by atoms with Crippen LogP contribution in [0.15, 0.2) is 54.6 Å². The summed E-state index contributed by atoms with van der Waals surface area (Å²) >= 11 is 0. The number of benzene rings is 2. The first kappa shape index (κ1) is 17.2. The van der Waals surface area contributed by atoms with Crippen LogP contribution in [0.2, 0.25) is 0 Å². The fraction of sp³-hybridized carbons (Fsp3) is 0.294. The molecule has 122 valence electrons. The number of halogens is 1. The lowest BCUT2D eigenvalue weighted by Crippen LogP contribution is -2.41. The molecular weight excluding hydrogens is 316 g/mol. The van der Waals surface area contributed by atoms with E-state index in [1.54, 1.807) is 12.1 Å². The predicted molar refractivity (Wildman–Crippen MR) is 91.4 cm³/mol. The second-order valence-electron chi connectivity index (χ2n) is 5.42. The molecule has 1 aliphatic heterocycles. The van der Waals surface area contributed by atoms with Crippen LogP contribution in [-0.2, 0) is 0 Å². The fourth-order valence-corrected chi connectivity index (χ4v) is 2.83. The predicted octanol–water partition coefficient (Wildman–Crippen LogP) is 3.54. The Morgan fingerprint density at radius 3 is 2.43 bits per heavy atom. The van der Waals surface area contributed by atoms with E-state index in [0.29, 0.717) is 5.75 Å². The summed E-state index contributed by atoms with van der Waals surface area (Å²) in [6.07, 6.45) is 0.987. The van der Waals surface area contributed by atoms with Crippen molar-refractivity contribution in [2.45, 2.75) is 18.4 Å². The summed E-state index contributed by atoms with van der Waals surface area (Å²) in [5.74, 6) is 0.962. The number of nitro benzene ring substituents is 1. The van der Waals surface area contributed by atoms with Gasteiger partial charge in [0.25, 0.3) is 5.69 Å². The van der Waals surface area contributed by atoms with E-state index in [1.807, 2.05) is 18.2 Å². The molecule has 5 nitrogen and oxygen atoms in total. The first-order valence-corrected chi connectivity index (χ1v) is 7.41. The molecule has 1 N–H and O–H groups in total. The van der Waals surface area contributed by atoms with Gasteiger partial charge in [0.1, 0.15) is 11.9 Å². The van der Waals surface area contributed by atoms with Gasteiger partial charge in [0.15, 0.2) is 0 Å². The Labute approximate surface area is 141 Å². The number of non-ortho nitro benzene ring substituents is 1. The van der Waals surface area contributed by atoms with Crippen molar-refractivity contribution in [2.75, 3.05) is 13.1 Å². The van der Waals surface area contributed by atoms with Crippen molar-refractivity contribution < 1.29 is 9.66 Å². The highest BCUT2D eigenvalue weighted by Gasteiger charge is 2.28. The lowest BCUT2D eigenvalue weighted by molar-refractivity contribution is -0.384. The number of nitrogens with one attached hydrogen (secondary N) is 1. The molecule has 23 heavy (non-hydrogen) atoms. The van der Waals surface area contributed by atoms with Crippen molar-refractivity contribution in [3.63, 3.8) is 0 Å². The van der Waals surface area contributed by atoms with Crippen LogP contribution in [0, 0.1) is 10.1 Å². The molecule has 6 heteroatoms. The SMILES string of the molecule is Cl.O=[N+]([O-])c1ccc(O[C@@H]2CCNC[C@H]2c2ccccc2)cc1. The van der Waals surface area contributed by atoms with Gasteiger partial charge >= 0.3 is 0 Å². The highest BCUT2D eigenvalue weighted by Crippen LogP contribution is 2.28. The van der Waals surface area contributed by atoms with Crippen molar-refractivity contribution in [1.82, 2.24) is 5.32 Å². The Morgan fingerprint density at radius 1 is 1.09 bits per heavy atom. The Bertz CT molecular complexity index is 634. The molecule has 1 aliphatic rings. The van der Waals surface area contributed by atoms with E-state index in [9.17, 15) is 10.1 Å². The van der Waals surface area contributed by atoms with Crippen LogP contribution < -0.4 is 10.1 Å². The zero-order chi connectivity index (χ0) is 15.4. The number of hydrogen-bond acceptors (Lipinski definition) is 4. The van der Waals surface area contributed by atoms with Gasteiger partial charge in [-0.2, -0.15) is 0 Å². The Morgan fingerprint density at radius 2 is 1.78 bits per heavy atom. The van der Waals surface area contributed by atoms with Gasteiger partial charge in [-0.25, -0.2) is 0 Å². The minimum Gasteiger partial charge on any atom is -0.490 e. The summed E-state index contributed by atoms with van der Waals surface area (Å²) in [7, 11) is 0. The molecule has 3 rings (SSSR count). The number of nitrogens with zero attached hydrogens (tertiary/aromatic N) is 1. The highest BCUT2D eigenvalue weighted by molar-refractivity contribution is 5.85. The molecule has 0 aromatic heterocycles. The Hall–Kier alpha value is -2.11. The van der Waals surface area contributed by atoms with Crippen molar-refractivity contribution in [3.05, 3.63) is 70.3 Å². The summed E-state index contributed by atoms with van der Waals surface area (Å²) in [6, 6.07) is 16.6. The summed E-state index contributed by atoms with van der Waals surface area (Å²) in [4.78, 5) is 10.3. The van der Waals surface area contributed by atoms with Crippen LogP contribution in [0.5, 0.6) is 5.75 Å². The first-order chi connectivity index (χ1) is 10.7. The number of ether oxygens (including phenoxy) is 1. The molecule has 0 aliphatic carbocycles. The topological polar surface area (TPSA) is 64.4 Å². The first-order valence-electron chi connectivity index (χ1n) is 7.41. The molecule has 0 bridgehead atoms. The van der Waals surface area contributed by atoms with E-state index in [2.05, 4.69) is 17.4 Å². The molecule has 2 atom stereocenters. The molecule has 1 fully saturated rings. The van der Waals surface area contributed by atoms with E-state index in [4.69, 9.17) is 4.74 Å². The van der Waals surface area contributed by atoms with Gasteiger partial charge in [-0.3, -0.25) is 10.1 Å². The number of piperidine rings is 1. The lowest BCUT2D eigenvalue weighted by Gasteiger charge is -2.32. The molecule has 1 heterocycles. The van der Waals surface area contributed by atoms with Crippen LogP contribution in [0.3, 0.4) is 0 Å². The largest absolute Gasteiger partial charge is 0.490 e. The smallest absolute Gasteiger partial charge is 0.269 e. The molecule has 1 saturated heterocycles. The van der Waals surface area contributed by atoms with Crippen LogP contribution >= 0.6 is 12.4 Å². The molecule has 0 amide bonds. The lowest BCUT2D eigenvalue weighted by atomic mass is 9.89.